The number of hydrogen-bond acceptors (Lipinski definition) is 6. The van der Waals surface area contributed by atoms with Crippen LogP contribution in [-0.2, 0) is 4.79 Å². The fourth-order valence-corrected chi connectivity index (χ4v) is 4.82. The Bertz CT molecular complexity index is 750. The van der Waals surface area contributed by atoms with Crippen LogP contribution in [0.5, 0.6) is 0 Å². The van der Waals surface area contributed by atoms with Crippen molar-refractivity contribution in [3.63, 3.8) is 0 Å². The van der Waals surface area contributed by atoms with Gasteiger partial charge in [0.05, 0.1) is 12.3 Å². The van der Waals surface area contributed by atoms with E-state index >= 15 is 0 Å². The average molecular weight is 368 g/mol. The highest BCUT2D eigenvalue weighted by Gasteiger charge is 2.21. The summed E-state index contributed by atoms with van der Waals surface area (Å²) in [4.78, 5) is 42.7. The zero-order valence-corrected chi connectivity index (χ0v) is 14.9. The molecule has 2 heterocycles. The van der Waals surface area contributed by atoms with Crippen molar-refractivity contribution in [1.29, 1.82) is 0 Å². The Kier molecular flexibility index (Phi) is 5.83. The maximum absolute atomic E-state index is 12.2. The van der Waals surface area contributed by atoms with Crippen molar-refractivity contribution in [2.24, 2.45) is 4.99 Å². The predicted molar refractivity (Wildman–Crippen MR) is 99.3 cm³/mol. The molecule has 0 bridgehead atoms. The summed E-state index contributed by atoms with van der Waals surface area (Å²) in [5.41, 5.74) is -0.946. The molecule has 0 unspecified atom stereocenters. The van der Waals surface area contributed by atoms with E-state index in [4.69, 9.17) is 0 Å². The van der Waals surface area contributed by atoms with E-state index in [-0.39, 0.29) is 17.7 Å². The van der Waals surface area contributed by atoms with Gasteiger partial charge in [-0.25, -0.2) is 4.79 Å². The molecular formula is C15H20N4O3S2. The van der Waals surface area contributed by atoms with Crippen LogP contribution in [0.3, 0.4) is 0 Å². The van der Waals surface area contributed by atoms with Crippen molar-refractivity contribution in [3.05, 3.63) is 26.9 Å². The van der Waals surface area contributed by atoms with Crippen LogP contribution in [0.4, 0.5) is 5.82 Å². The molecule has 130 valence electrons. The molecule has 7 nitrogen and oxygen atoms in total. The lowest BCUT2D eigenvalue weighted by atomic mass is 9.95. The molecule has 24 heavy (non-hydrogen) atoms. The lowest BCUT2D eigenvalue weighted by Crippen LogP contribution is -2.36. The molecule has 0 aromatic carbocycles. The monoisotopic (exact) mass is 368 g/mol. The van der Waals surface area contributed by atoms with Crippen LogP contribution >= 0.6 is 23.5 Å². The highest BCUT2D eigenvalue weighted by Crippen LogP contribution is 2.29. The zero-order chi connectivity index (χ0) is 16.9. The Morgan fingerprint density at radius 2 is 2.17 bits per heavy atom. The highest BCUT2D eigenvalue weighted by molar-refractivity contribution is 8.39. The van der Waals surface area contributed by atoms with Gasteiger partial charge in [0, 0.05) is 17.9 Å². The molecule has 2 aliphatic rings. The minimum atomic E-state index is -0.495. The molecule has 1 amide bonds. The van der Waals surface area contributed by atoms with Crippen molar-refractivity contribution >= 4 is 39.6 Å². The second kappa shape index (κ2) is 8.06. The molecule has 1 aliphatic carbocycles. The van der Waals surface area contributed by atoms with Crippen LogP contribution in [0.15, 0.2) is 20.6 Å². The molecule has 9 heteroatoms. The molecule has 1 aromatic rings. The number of hydrogen-bond donors (Lipinski definition) is 2. The number of H-pyrrole nitrogens is 1. The Morgan fingerprint density at radius 1 is 1.38 bits per heavy atom. The smallest absolute Gasteiger partial charge is 0.311 e. The summed E-state index contributed by atoms with van der Waals surface area (Å²) in [5.74, 6) is 1.24. The van der Waals surface area contributed by atoms with Crippen molar-refractivity contribution in [1.82, 2.24) is 9.55 Å². The molecule has 1 saturated carbocycles. The quantitative estimate of drug-likeness (QED) is 0.845. The van der Waals surface area contributed by atoms with Gasteiger partial charge in [-0.3, -0.25) is 24.1 Å². The van der Waals surface area contributed by atoms with Gasteiger partial charge in [0.25, 0.3) is 5.56 Å². The second-order valence-corrected chi connectivity index (χ2v) is 8.12. The molecule has 1 fully saturated rings. The number of amides is 1. The summed E-state index contributed by atoms with van der Waals surface area (Å²) in [7, 11) is 0. The number of aromatic amines is 1. The van der Waals surface area contributed by atoms with E-state index in [1.807, 2.05) is 0 Å². The van der Waals surface area contributed by atoms with Crippen molar-refractivity contribution in [3.8, 4) is 0 Å². The molecule has 1 aromatic heterocycles. The van der Waals surface area contributed by atoms with Gasteiger partial charge in [0.1, 0.15) is 10.2 Å². The summed E-state index contributed by atoms with van der Waals surface area (Å²) in [6.07, 6.45) is 5.04. The SMILES string of the molecule is O=C(CSC1=NCCS1)Nc1cc(=O)[nH]c(=O)n1C1CCCCC1. The van der Waals surface area contributed by atoms with Crippen molar-refractivity contribution in [2.75, 3.05) is 23.4 Å². The third kappa shape index (κ3) is 4.32. The van der Waals surface area contributed by atoms with E-state index in [0.717, 1.165) is 48.8 Å². The number of aromatic nitrogens is 2. The van der Waals surface area contributed by atoms with E-state index in [2.05, 4.69) is 15.3 Å². The number of thioether (sulfide) groups is 2. The number of carbonyl (C=O) groups excluding carboxylic acids is 1. The minimum absolute atomic E-state index is 0.0285. The Hall–Kier alpha value is -1.48. The number of rotatable bonds is 4. The van der Waals surface area contributed by atoms with Gasteiger partial charge in [-0.2, -0.15) is 0 Å². The van der Waals surface area contributed by atoms with Crippen molar-refractivity contribution in [2.45, 2.75) is 38.1 Å². The number of carbonyl (C=O) groups is 1. The zero-order valence-electron chi connectivity index (χ0n) is 13.2. The lowest BCUT2D eigenvalue weighted by Gasteiger charge is -2.26. The maximum atomic E-state index is 12.2. The third-order valence-electron chi connectivity index (χ3n) is 4.07. The van der Waals surface area contributed by atoms with E-state index < -0.39 is 11.2 Å². The summed E-state index contributed by atoms with van der Waals surface area (Å²) >= 11 is 3.03. The first-order valence-corrected chi connectivity index (χ1v) is 10.1. The van der Waals surface area contributed by atoms with Gasteiger partial charge >= 0.3 is 5.69 Å². The first kappa shape index (κ1) is 17.3. The normalized spacial score (nSPS) is 18.4. The highest BCUT2D eigenvalue weighted by atomic mass is 32.2. The molecular weight excluding hydrogens is 348 g/mol. The predicted octanol–water partition coefficient (Wildman–Crippen LogP) is 1.82. The lowest BCUT2D eigenvalue weighted by molar-refractivity contribution is -0.113. The number of aliphatic imine (C=N–C) groups is 1. The van der Waals surface area contributed by atoms with Crippen LogP contribution < -0.4 is 16.6 Å². The first-order valence-electron chi connectivity index (χ1n) is 8.09. The largest absolute Gasteiger partial charge is 0.330 e. The fourth-order valence-electron chi connectivity index (χ4n) is 3.01. The maximum Gasteiger partial charge on any atom is 0.330 e. The number of nitrogens with one attached hydrogen (secondary N) is 2. The Labute approximate surface area is 147 Å². The van der Waals surface area contributed by atoms with Gasteiger partial charge in [0.15, 0.2) is 0 Å². The molecule has 2 N–H and O–H groups in total. The van der Waals surface area contributed by atoms with E-state index in [1.54, 1.807) is 11.8 Å². The summed E-state index contributed by atoms with van der Waals surface area (Å²) in [6, 6.07) is 1.32. The minimum Gasteiger partial charge on any atom is -0.311 e. The summed E-state index contributed by atoms with van der Waals surface area (Å²) in [5, 5.41) is 2.73. The third-order valence-corrected chi connectivity index (χ3v) is 6.32. The van der Waals surface area contributed by atoms with Crippen LogP contribution in [0, 0.1) is 0 Å². The molecule has 0 spiro atoms. The van der Waals surface area contributed by atoms with Crippen LogP contribution in [0.2, 0.25) is 0 Å². The van der Waals surface area contributed by atoms with E-state index in [0.29, 0.717) is 5.82 Å². The number of nitrogens with zero attached hydrogens (tertiary/aromatic N) is 2. The van der Waals surface area contributed by atoms with E-state index in [9.17, 15) is 14.4 Å². The Morgan fingerprint density at radius 3 is 2.88 bits per heavy atom. The molecule has 0 radical (unpaired) electrons. The van der Waals surface area contributed by atoms with Gasteiger partial charge in [-0.1, -0.05) is 42.8 Å². The van der Waals surface area contributed by atoms with Crippen LogP contribution in [0.25, 0.3) is 0 Å². The van der Waals surface area contributed by atoms with Crippen LogP contribution in [0.1, 0.15) is 38.1 Å². The van der Waals surface area contributed by atoms with Gasteiger partial charge < -0.3 is 5.32 Å². The van der Waals surface area contributed by atoms with Crippen LogP contribution in [-0.4, -0.2) is 37.9 Å². The first-order chi connectivity index (χ1) is 11.6. The molecule has 1 aliphatic heterocycles. The Balaban J connectivity index is 1.74. The van der Waals surface area contributed by atoms with Gasteiger partial charge in [-0.05, 0) is 12.8 Å². The molecule has 0 saturated heterocycles. The number of anilines is 1. The van der Waals surface area contributed by atoms with Crippen molar-refractivity contribution < 1.29 is 4.79 Å². The second-order valence-electron chi connectivity index (χ2n) is 5.82. The standard InChI is InChI=1S/C15H20N4O3S2/c20-12-8-11(17-13(21)9-24-15-16-6-7-23-15)19(14(22)18-12)10-4-2-1-3-5-10/h8,10H,1-7,9H2,(H,17,21)(H,18,20,22). The summed E-state index contributed by atoms with van der Waals surface area (Å²) in [6.45, 7) is 0.796. The topological polar surface area (TPSA) is 96.3 Å². The van der Waals surface area contributed by atoms with E-state index in [1.165, 1.54) is 22.4 Å². The van der Waals surface area contributed by atoms with Gasteiger partial charge in [-0.15, -0.1) is 0 Å². The molecule has 3 rings (SSSR count). The summed E-state index contributed by atoms with van der Waals surface area (Å²) < 4.78 is 2.45. The van der Waals surface area contributed by atoms with Gasteiger partial charge in [0.2, 0.25) is 5.91 Å². The average Bonchev–Trinajstić information content (AvgIpc) is 3.07. The molecule has 0 atom stereocenters. The fraction of sp³-hybridized carbons (Fsp3) is 0.600.